The number of benzene rings is 1. The van der Waals surface area contributed by atoms with Crippen LogP contribution in [0.2, 0.25) is 0 Å². The van der Waals surface area contributed by atoms with Crippen LogP contribution in [0.3, 0.4) is 0 Å². The van der Waals surface area contributed by atoms with Gasteiger partial charge in [0, 0.05) is 12.7 Å². The van der Waals surface area contributed by atoms with E-state index in [-0.39, 0.29) is 0 Å². The molecule has 1 aliphatic heterocycles. The molecule has 0 aliphatic carbocycles. The predicted octanol–water partition coefficient (Wildman–Crippen LogP) is 0.777. The highest BCUT2D eigenvalue weighted by molar-refractivity contribution is 7.07. The maximum absolute atomic E-state index is 10.8. The van der Waals surface area contributed by atoms with E-state index in [1.165, 1.54) is 15.3 Å². The molecule has 0 saturated carbocycles. The second kappa shape index (κ2) is 5.28. The SMILES string of the molecule is O=[C]c1ccccc1OCC1=c2ccsc2=CNC1. The first-order chi connectivity index (χ1) is 9.38. The number of fused-ring (bicyclic) bond motifs is 1. The molecule has 0 fully saturated rings. The van der Waals surface area contributed by atoms with Gasteiger partial charge >= 0.3 is 0 Å². The van der Waals surface area contributed by atoms with Crippen LogP contribution in [-0.4, -0.2) is 19.4 Å². The first-order valence-corrected chi connectivity index (χ1v) is 6.85. The van der Waals surface area contributed by atoms with E-state index in [0.29, 0.717) is 17.9 Å². The molecule has 2 aromatic rings. The summed E-state index contributed by atoms with van der Waals surface area (Å²) >= 11 is 1.70. The first kappa shape index (κ1) is 12.0. The van der Waals surface area contributed by atoms with Gasteiger partial charge in [-0.05, 0) is 34.4 Å². The van der Waals surface area contributed by atoms with Gasteiger partial charge in [-0.2, -0.15) is 0 Å². The van der Waals surface area contributed by atoms with Crippen molar-refractivity contribution >= 4 is 29.4 Å². The van der Waals surface area contributed by atoms with Gasteiger partial charge in [-0.1, -0.05) is 12.1 Å². The topological polar surface area (TPSA) is 38.3 Å². The molecular formula is C15H12NO2S. The van der Waals surface area contributed by atoms with Gasteiger partial charge in [0.25, 0.3) is 0 Å². The van der Waals surface area contributed by atoms with Crippen LogP contribution in [-0.2, 0) is 4.79 Å². The highest BCUT2D eigenvalue weighted by Crippen LogP contribution is 2.16. The number of hydrogen-bond donors (Lipinski definition) is 1. The van der Waals surface area contributed by atoms with Crippen molar-refractivity contribution in [3.05, 3.63) is 51.0 Å². The number of hydrogen-bond acceptors (Lipinski definition) is 4. The maximum Gasteiger partial charge on any atom is 0.237 e. The number of carbonyl (C=O) groups excluding carboxylic acids is 1. The number of thiophene rings is 1. The minimum absolute atomic E-state index is 0.462. The van der Waals surface area contributed by atoms with Crippen LogP contribution >= 0.6 is 11.3 Å². The van der Waals surface area contributed by atoms with Crippen molar-refractivity contribution in [2.45, 2.75) is 0 Å². The predicted molar refractivity (Wildman–Crippen MR) is 76.2 cm³/mol. The Hall–Kier alpha value is -2.07. The molecule has 2 heterocycles. The minimum Gasteiger partial charge on any atom is -0.488 e. The molecule has 1 aromatic heterocycles. The lowest BCUT2D eigenvalue weighted by Crippen LogP contribution is -2.34. The Labute approximate surface area is 114 Å². The molecule has 1 aliphatic rings. The van der Waals surface area contributed by atoms with Crippen LogP contribution in [0.1, 0.15) is 5.56 Å². The van der Waals surface area contributed by atoms with Gasteiger partial charge in [0.2, 0.25) is 6.29 Å². The Bertz CT molecular complexity index is 718. The Balaban J connectivity index is 1.86. The lowest BCUT2D eigenvalue weighted by Gasteiger charge is -2.13. The van der Waals surface area contributed by atoms with Gasteiger partial charge < -0.3 is 10.1 Å². The number of nitrogens with one attached hydrogen (secondary N) is 1. The summed E-state index contributed by atoms with van der Waals surface area (Å²) in [5.41, 5.74) is 1.66. The third kappa shape index (κ3) is 2.39. The Morgan fingerprint density at radius 2 is 2.21 bits per heavy atom. The summed E-state index contributed by atoms with van der Waals surface area (Å²) in [6, 6.07) is 9.25. The zero-order valence-electron chi connectivity index (χ0n) is 10.2. The van der Waals surface area contributed by atoms with Crippen molar-refractivity contribution in [3.8, 4) is 5.75 Å². The summed E-state index contributed by atoms with van der Waals surface area (Å²) < 4.78 is 6.97. The average Bonchev–Trinajstić information content (AvgIpc) is 2.94. The molecule has 4 heteroatoms. The Morgan fingerprint density at radius 3 is 3.11 bits per heavy atom. The normalized spacial score (nSPS) is 13.2. The zero-order valence-corrected chi connectivity index (χ0v) is 11.0. The lowest BCUT2D eigenvalue weighted by molar-refractivity contribution is 0.364. The number of para-hydroxylation sites is 1. The second-order valence-corrected chi connectivity index (χ2v) is 5.16. The molecule has 0 saturated heterocycles. The van der Waals surface area contributed by atoms with Crippen molar-refractivity contribution < 1.29 is 9.53 Å². The van der Waals surface area contributed by atoms with E-state index < -0.39 is 0 Å². The summed E-state index contributed by atoms with van der Waals surface area (Å²) in [5, 5.41) is 6.54. The van der Waals surface area contributed by atoms with E-state index >= 15 is 0 Å². The van der Waals surface area contributed by atoms with E-state index in [1.807, 2.05) is 18.6 Å². The molecule has 95 valence electrons. The summed E-state index contributed by atoms with van der Waals surface area (Å²) in [6.07, 6.45) is 3.92. The van der Waals surface area contributed by atoms with E-state index in [4.69, 9.17) is 4.74 Å². The van der Waals surface area contributed by atoms with Crippen LogP contribution in [0, 0.1) is 0 Å². The van der Waals surface area contributed by atoms with E-state index in [9.17, 15) is 4.79 Å². The smallest absolute Gasteiger partial charge is 0.237 e. The van der Waals surface area contributed by atoms with Crippen molar-refractivity contribution in [1.29, 1.82) is 0 Å². The van der Waals surface area contributed by atoms with Gasteiger partial charge in [-0.3, -0.25) is 4.79 Å². The molecule has 3 rings (SSSR count). The van der Waals surface area contributed by atoms with Gasteiger partial charge in [-0.25, -0.2) is 0 Å². The highest BCUT2D eigenvalue weighted by Gasteiger charge is 2.08. The summed E-state index contributed by atoms with van der Waals surface area (Å²) in [5.74, 6) is 0.580. The fraction of sp³-hybridized carbons (Fsp3) is 0.133. The van der Waals surface area contributed by atoms with Crippen LogP contribution in [0.4, 0.5) is 0 Å². The molecule has 3 nitrogen and oxygen atoms in total. The van der Waals surface area contributed by atoms with Gasteiger partial charge in [0.15, 0.2) is 0 Å². The van der Waals surface area contributed by atoms with Gasteiger partial charge in [0.05, 0.1) is 10.1 Å². The summed E-state index contributed by atoms with van der Waals surface area (Å²) in [4.78, 5) is 10.8. The molecule has 0 atom stereocenters. The summed E-state index contributed by atoms with van der Waals surface area (Å²) in [7, 11) is 0. The average molecular weight is 270 g/mol. The lowest BCUT2D eigenvalue weighted by atomic mass is 10.2. The second-order valence-electron chi connectivity index (χ2n) is 4.21. The number of rotatable bonds is 4. The van der Waals surface area contributed by atoms with Gasteiger partial charge in [0.1, 0.15) is 12.4 Å². The molecule has 0 bridgehead atoms. The van der Waals surface area contributed by atoms with Crippen LogP contribution < -0.4 is 19.8 Å². The minimum atomic E-state index is 0.462. The Morgan fingerprint density at radius 1 is 1.32 bits per heavy atom. The largest absolute Gasteiger partial charge is 0.488 e. The van der Waals surface area contributed by atoms with Crippen molar-refractivity contribution in [3.63, 3.8) is 0 Å². The molecule has 19 heavy (non-hydrogen) atoms. The quantitative estimate of drug-likeness (QED) is 0.892. The van der Waals surface area contributed by atoms with Crippen molar-refractivity contribution in [1.82, 2.24) is 5.32 Å². The standard InChI is InChI=1S/C15H12NO2S/c17-9-11-3-1-2-4-14(11)18-10-12-7-16-8-15-13(12)5-6-19-15/h1-6,8,16H,7,10H2. The molecule has 0 unspecified atom stereocenters. The fourth-order valence-electron chi connectivity index (χ4n) is 2.06. The third-order valence-electron chi connectivity index (χ3n) is 3.02. The maximum atomic E-state index is 10.8. The third-order valence-corrected chi connectivity index (χ3v) is 3.89. The van der Waals surface area contributed by atoms with Crippen LogP contribution in [0.25, 0.3) is 11.8 Å². The van der Waals surface area contributed by atoms with E-state index in [1.54, 1.807) is 29.5 Å². The van der Waals surface area contributed by atoms with Crippen LogP contribution in [0.5, 0.6) is 5.75 Å². The first-order valence-electron chi connectivity index (χ1n) is 5.97. The van der Waals surface area contributed by atoms with Crippen molar-refractivity contribution in [2.75, 3.05) is 13.2 Å². The van der Waals surface area contributed by atoms with Crippen molar-refractivity contribution in [2.24, 2.45) is 0 Å². The highest BCUT2D eigenvalue weighted by atomic mass is 32.1. The fourth-order valence-corrected chi connectivity index (χ4v) is 2.90. The molecule has 0 amide bonds. The molecule has 0 spiro atoms. The van der Waals surface area contributed by atoms with E-state index in [0.717, 1.165) is 6.54 Å². The zero-order chi connectivity index (χ0) is 13.1. The molecular weight excluding hydrogens is 258 g/mol. The monoisotopic (exact) mass is 270 g/mol. The van der Waals surface area contributed by atoms with Crippen LogP contribution in [0.15, 0.2) is 35.7 Å². The molecule has 1 N–H and O–H groups in total. The van der Waals surface area contributed by atoms with Gasteiger partial charge in [-0.15, -0.1) is 11.3 Å². The Kier molecular flexibility index (Phi) is 3.33. The number of ether oxygens (including phenoxy) is 1. The van der Waals surface area contributed by atoms with E-state index in [2.05, 4.69) is 16.8 Å². The molecule has 1 radical (unpaired) electrons. The summed E-state index contributed by atoms with van der Waals surface area (Å²) in [6.45, 7) is 1.25. The molecule has 1 aromatic carbocycles.